The van der Waals surface area contributed by atoms with Gasteiger partial charge in [-0.1, -0.05) is 0 Å². The molecule has 1 aliphatic rings. The van der Waals surface area contributed by atoms with Gasteiger partial charge in [-0.15, -0.1) is 11.3 Å². The number of nitrogens with one attached hydrogen (secondary N) is 1. The minimum Gasteiger partial charge on any atom is -0.454 e. The molecule has 2 aromatic rings. The Labute approximate surface area is 104 Å². The summed E-state index contributed by atoms with van der Waals surface area (Å²) >= 11 is 1.80. The van der Waals surface area contributed by atoms with E-state index in [0.29, 0.717) is 6.79 Å². The summed E-state index contributed by atoms with van der Waals surface area (Å²) < 4.78 is 10.7. The third kappa shape index (κ3) is 2.01. The zero-order chi connectivity index (χ0) is 11.7. The molecule has 0 unspecified atom stereocenters. The molecule has 3 nitrogen and oxygen atoms in total. The molecule has 1 aromatic carbocycles. The van der Waals surface area contributed by atoms with Gasteiger partial charge in [0.05, 0.1) is 0 Å². The van der Waals surface area contributed by atoms with Crippen molar-refractivity contribution >= 4 is 11.3 Å². The zero-order valence-electron chi connectivity index (χ0n) is 9.53. The summed E-state index contributed by atoms with van der Waals surface area (Å²) in [7, 11) is 1.96. The highest BCUT2D eigenvalue weighted by Crippen LogP contribution is 2.37. The van der Waals surface area contributed by atoms with E-state index >= 15 is 0 Å². The van der Waals surface area contributed by atoms with Gasteiger partial charge in [-0.3, -0.25) is 0 Å². The molecular formula is C13H13NO2S. The minimum absolute atomic E-state index is 0.328. The van der Waals surface area contributed by atoms with Crippen LogP contribution in [0.2, 0.25) is 0 Å². The Morgan fingerprint density at radius 1 is 1.18 bits per heavy atom. The summed E-state index contributed by atoms with van der Waals surface area (Å²) in [5.74, 6) is 1.67. The summed E-state index contributed by atoms with van der Waals surface area (Å²) in [5.41, 5.74) is 1.18. The number of hydrogen-bond donors (Lipinski definition) is 1. The first-order chi connectivity index (χ1) is 8.36. The molecule has 1 N–H and O–H groups in total. The molecule has 0 saturated heterocycles. The number of rotatable bonds is 3. The highest BCUT2D eigenvalue weighted by molar-refractivity contribution is 7.15. The first-order valence-corrected chi connectivity index (χ1v) is 6.32. The molecule has 0 atom stereocenters. The predicted molar refractivity (Wildman–Crippen MR) is 68.6 cm³/mol. The fourth-order valence-corrected chi connectivity index (χ4v) is 2.87. The molecule has 0 radical (unpaired) electrons. The third-order valence-corrected chi connectivity index (χ3v) is 3.80. The van der Waals surface area contributed by atoms with Crippen LogP contribution >= 0.6 is 11.3 Å². The molecule has 2 heterocycles. The van der Waals surface area contributed by atoms with Gasteiger partial charge in [-0.2, -0.15) is 0 Å². The Kier molecular flexibility index (Phi) is 2.74. The van der Waals surface area contributed by atoms with Crippen LogP contribution < -0.4 is 14.8 Å². The van der Waals surface area contributed by atoms with Gasteiger partial charge in [0.25, 0.3) is 0 Å². The fourth-order valence-electron chi connectivity index (χ4n) is 1.85. The first-order valence-electron chi connectivity index (χ1n) is 5.50. The maximum atomic E-state index is 5.38. The van der Waals surface area contributed by atoms with Gasteiger partial charge in [-0.25, -0.2) is 0 Å². The standard InChI is InChI=1S/C13H13NO2S/c1-14-7-10-3-5-13(17-10)9-2-4-11-12(6-9)16-8-15-11/h2-6,14H,7-8H2,1H3. The molecule has 0 aliphatic carbocycles. The van der Waals surface area contributed by atoms with Crippen molar-refractivity contribution in [1.82, 2.24) is 5.32 Å². The smallest absolute Gasteiger partial charge is 0.231 e. The normalized spacial score (nSPS) is 13.0. The van der Waals surface area contributed by atoms with E-state index < -0.39 is 0 Å². The fraction of sp³-hybridized carbons (Fsp3) is 0.231. The molecule has 0 saturated carbocycles. The highest BCUT2D eigenvalue weighted by Gasteiger charge is 2.14. The second-order valence-corrected chi connectivity index (χ2v) is 5.03. The lowest BCUT2D eigenvalue weighted by Crippen LogP contribution is -2.02. The number of fused-ring (bicyclic) bond motifs is 1. The van der Waals surface area contributed by atoms with Crippen LogP contribution in [0, 0.1) is 0 Å². The molecule has 1 aromatic heterocycles. The molecule has 17 heavy (non-hydrogen) atoms. The molecule has 88 valence electrons. The second kappa shape index (κ2) is 4.39. The summed E-state index contributed by atoms with van der Waals surface area (Å²) in [6, 6.07) is 10.4. The van der Waals surface area contributed by atoms with Crippen LogP contribution in [0.5, 0.6) is 11.5 Å². The maximum Gasteiger partial charge on any atom is 0.231 e. The summed E-state index contributed by atoms with van der Waals surface area (Å²) in [4.78, 5) is 2.59. The van der Waals surface area contributed by atoms with Crippen LogP contribution in [0.1, 0.15) is 4.88 Å². The van der Waals surface area contributed by atoms with Crippen molar-refractivity contribution in [2.45, 2.75) is 6.54 Å². The van der Waals surface area contributed by atoms with Crippen molar-refractivity contribution in [3.05, 3.63) is 35.2 Å². The van der Waals surface area contributed by atoms with Crippen LogP contribution in [0.15, 0.2) is 30.3 Å². The van der Waals surface area contributed by atoms with E-state index in [0.717, 1.165) is 18.0 Å². The second-order valence-electron chi connectivity index (χ2n) is 3.86. The molecule has 3 rings (SSSR count). The zero-order valence-corrected chi connectivity index (χ0v) is 10.3. The van der Waals surface area contributed by atoms with Crippen LogP contribution in [0.4, 0.5) is 0 Å². The Bertz CT molecular complexity index is 536. The van der Waals surface area contributed by atoms with Crippen molar-refractivity contribution in [3.8, 4) is 21.9 Å². The van der Waals surface area contributed by atoms with Gasteiger partial charge in [0.1, 0.15) is 0 Å². The van der Waals surface area contributed by atoms with E-state index in [-0.39, 0.29) is 0 Å². The van der Waals surface area contributed by atoms with Gasteiger partial charge in [-0.05, 0) is 42.9 Å². The van der Waals surface area contributed by atoms with Crippen molar-refractivity contribution in [2.24, 2.45) is 0 Å². The average Bonchev–Trinajstić information content (AvgIpc) is 2.96. The summed E-state index contributed by atoms with van der Waals surface area (Å²) in [5, 5.41) is 3.16. The van der Waals surface area contributed by atoms with Crippen LogP contribution in [0.25, 0.3) is 10.4 Å². The SMILES string of the molecule is CNCc1ccc(-c2ccc3c(c2)OCO3)s1. The van der Waals surface area contributed by atoms with E-state index in [1.807, 2.05) is 19.2 Å². The number of benzene rings is 1. The van der Waals surface area contributed by atoms with Gasteiger partial charge in [0.2, 0.25) is 6.79 Å². The molecule has 1 aliphatic heterocycles. The van der Waals surface area contributed by atoms with Crippen LogP contribution in [-0.2, 0) is 6.54 Å². The number of thiophene rings is 1. The van der Waals surface area contributed by atoms with Crippen LogP contribution in [0.3, 0.4) is 0 Å². The Balaban J connectivity index is 1.92. The van der Waals surface area contributed by atoms with Gasteiger partial charge < -0.3 is 14.8 Å². The molecule has 4 heteroatoms. The monoisotopic (exact) mass is 247 g/mol. The van der Waals surface area contributed by atoms with E-state index in [2.05, 4.69) is 23.5 Å². The first kappa shape index (κ1) is 10.6. The lowest BCUT2D eigenvalue weighted by atomic mass is 10.1. The van der Waals surface area contributed by atoms with Crippen molar-refractivity contribution in [3.63, 3.8) is 0 Å². The lowest BCUT2D eigenvalue weighted by Gasteiger charge is -2.00. The molecule has 0 amide bonds. The maximum absolute atomic E-state index is 5.38. The topological polar surface area (TPSA) is 30.5 Å². The molecule has 0 bridgehead atoms. The number of hydrogen-bond acceptors (Lipinski definition) is 4. The predicted octanol–water partition coefficient (Wildman–Crippen LogP) is 2.86. The van der Waals surface area contributed by atoms with E-state index in [1.165, 1.54) is 15.3 Å². The van der Waals surface area contributed by atoms with Crippen molar-refractivity contribution in [1.29, 1.82) is 0 Å². The lowest BCUT2D eigenvalue weighted by molar-refractivity contribution is 0.174. The van der Waals surface area contributed by atoms with Crippen LogP contribution in [-0.4, -0.2) is 13.8 Å². The highest BCUT2D eigenvalue weighted by atomic mass is 32.1. The van der Waals surface area contributed by atoms with Crippen molar-refractivity contribution in [2.75, 3.05) is 13.8 Å². The quantitative estimate of drug-likeness (QED) is 0.904. The van der Waals surface area contributed by atoms with Gasteiger partial charge >= 0.3 is 0 Å². The minimum atomic E-state index is 0.328. The molecule has 0 fully saturated rings. The summed E-state index contributed by atoms with van der Waals surface area (Å²) in [6.07, 6.45) is 0. The number of ether oxygens (including phenoxy) is 2. The largest absolute Gasteiger partial charge is 0.454 e. The third-order valence-electron chi connectivity index (χ3n) is 2.67. The van der Waals surface area contributed by atoms with Crippen molar-refractivity contribution < 1.29 is 9.47 Å². The Morgan fingerprint density at radius 2 is 2.06 bits per heavy atom. The van der Waals surface area contributed by atoms with E-state index in [4.69, 9.17) is 9.47 Å². The summed E-state index contributed by atoms with van der Waals surface area (Å²) in [6.45, 7) is 1.24. The Morgan fingerprint density at radius 3 is 2.94 bits per heavy atom. The van der Waals surface area contributed by atoms with Gasteiger partial charge in [0.15, 0.2) is 11.5 Å². The van der Waals surface area contributed by atoms with Gasteiger partial charge in [0, 0.05) is 16.3 Å². The molecular weight excluding hydrogens is 234 g/mol. The average molecular weight is 247 g/mol. The van der Waals surface area contributed by atoms with E-state index in [1.54, 1.807) is 11.3 Å². The Hall–Kier alpha value is -1.52. The molecule has 0 spiro atoms. The van der Waals surface area contributed by atoms with E-state index in [9.17, 15) is 0 Å².